The fourth-order valence-electron chi connectivity index (χ4n) is 2.98. The molecule has 152 valence electrons. The average Bonchev–Trinajstić information content (AvgIpc) is 2.74. The molecule has 1 nitrogen and oxygen atoms in total. The first-order valence-electron chi connectivity index (χ1n) is 9.37. The second kappa shape index (κ2) is 9.88. The highest BCUT2D eigenvalue weighted by molar-refractivity contribution is 6.50. The summed E-state index contributed by atoms with van der Waals surface area (Å²) in [7, 11) is -6.00. The average molecular weight is 410 g/mol. The Morgan fingerprint density at radius 2 is 0.900 bits per heavy atom. The molecular weight excluding hydrogens is 391 g/mol. The van der Waals surface area contributed by atoms with Crippen molar-refractivity contribution < 1.29 is 21.7 Å². The van der Waals surface area contributed by atoms with E-state index in [-0.39, 0.29) is 0 Å². The molecule has 0 spiro atoms. The van der Waals surface area contributed by atoms with Gasteiger partial charge in [-0.25, -0.2) is 4.42 Å². The number of halogens is 4. The quantitative estimate of drug-likeness (QED) is 0.190. The zero-order valence-corrected chi connectivity index (χ0v) is 16.0. The largest absolute Gasteiger partial charge is 0.673 e. The van der Waals surface area contributed by atoms with Gasteiger partial charge < -0.3 is 17.3 Å². The lowest BCUT2D eigenvalue weighted by Gasteiger charge is -2.02. The van der Waals surface area contributed by atoms with Crippen LogP contribution in [0.4, 0.5) is 17.3 Å². The van der Waals surface area contributed by atoms with Gasteiger partial charge in [-0.15, -0.1) is 0 Å². The summed E-state index contributed by atoms with van der Waals surface area (Å²) in [6.45, 7) is 0. The minimum absolute atomic E-state index is 0.886. The van der Waals surface area contributed by atoms with Gasteiger partial charge in [-0.2, -0.15) is 0 Å². The lowest BCUT2D eigenvalue weighted by atomic mass is 10.0. The standard InChI is InChI=1S/C24H19O.BF4/c1-4-10-19(11-5-1)16-20-17-23(21-12-6-2-7-13-21)25-24(18-20)22-14-8-3-9-15-22;2-1(3,4)5/h1-15,17-18H,16H2;/q+1;-1. The molecule has 0 unspecified atom stereocenters. The Kier molecular flexibility index (Phi) is 7.01. The molecule has 0 N–H and O–H groups in total. The lowest BCUT2D eigenvalue weighted by molar-refractivity contribution is 0.368. The predicted molar refractivity (Wildman–Crippen MR) is 113 cm³/mol. The summed E-state index contributed by atoms with van der Waals surface area (Å²) in [4.78, 5) is 0. The van der Waals surface area contributed by atoms with Gasteiger partial charge in [0.05, 0.1) is 11.1 Å². The topological polar surface area (TPSA) is 11.3 Å². The zero-order chi connectivity index (χ0) is 21.4. The van der Waals surface area contributed by atoms with Crippen LogP contribution in [0.15, 0.2) is 108 Å². The Labute approximate surface area is 172 Å². The van der Waals surface area contributed by atoms with Gasteiger partial charge in [0.2, 0.25) is 0 Å². The Morgan fingerprint density at radius 3 is 1.30 bits per heavy atom. The molecule has 1 aromatic heterocycles. The van der Waals surface area contributed by atoms with E-state index in [4.69, 9.17) is 4.42 Å². The normalized spacial score (nSPS) is 10.8. The summed E-state index contributed by atoms with van der Waals surface area (Å²) in [6.07, 6.45) is 0.886. The SMILES string of the molecule is F[B-](F)(F)F.c1ccc(Cc2cc(-c3ccccc3)[o+]c(-c3ccccc3)c2)cc1. The van der Waals surface area contributed by atoms with Crippen LogP contribution in [0.1, 0.15) is 11.1 Å². The second-order valence-electron chi connectivity index (χ2n) is 6.58. The number of hydrogen-bond donors (Lipinski definition) is 0. The molecule has 0 aliphatic heterocycles. The Bertz CT molecular complexity index is 989. The third kappa shape index (κ3) is 6.89. The van der Waals surface area contributed by atoms with E-state index in [0.717, 1.165) is 29.1 Å². The number of rotatable bonds is 4. The Balaban J connectivity index is 0.000000461. The molecule has 0 saturated carbocycles. The smallest absolute Gasteiger partial charge is 0.418 e. The Morgan fingerprint density at radius 1 is 0.533 bits per heavy atom. The second-order valence-corrected chi connectivity index (χ2v) is 6.58. The summed E-state index contributed by atoms with van der Waals surface area (Å²) in [5.41, 5.74) is 4.73. The fraction of sp³-hybridized carbons (Fsp3) is 0.0417. The molecule has 0 fully saturated rings. The molecular formula is C24H19BF4O. The van der Waals surface area contributed by atoms with Crippen molar-refractivity contribution in [2.24, 2.45) is 0 Å². The molecule has 4 aromatic rings. The molecule has 0 saturated heterocycles. The van der Waals surface area contributed by atoms with Crippen molar-refractivity contribution in [3.05, 3.63) is 114 Å². The van der Waals surface area contributed by atoms with Crippen LogP contribution in [0.5, 0.6) is 0 Å². The molecule has 0 atom stereocenters. The highest BCUT2D eigenvalue weighted by atomic mass is 19.5. The van der Waals surface area contributed by atoms with E-state index in [0.29, 0.717) is 0 Å². The maximum atomic E-state index is 9.75. The van der Waals surface area contributed by atoms with Crippen molar-refractivity contribution >= 4 is 7.25 Å². The van der Waals surface area contributed by atoms with Crippen molar-refractivity contribution in [3.63, 3.8) is 0 Å². The van der Waals surface area contributed by atoms with E-state index >= 15 is 0 Å². The highest BCUT2D eigenvalue weighted by Gasteiger charge is 2.21. The molecule has 0 radical (unpaired) electrons. The van der Waals surface area contributed by atoms with Crippen molar-refractivity contribution in [1.29, 1.82) is 0 Å². The van der Waals surface area contributed by atoms with Gasteiger partial charge in [0.25, 0.3) is 0 Å². The van der Waals surface area contributed by atoms with E-state index in [9.17, 15) is 17.3 Å². The summed E-state index contributed by atoms with van der Waals surface area (Å²) in [5.74, 6) is 1.79. The third-order valence-electron chi connectivity index (χ3n) is 4.22. The van der Waals surface area contributed by atoms with Gasteiger partial charge in [0.15, 0.2) is 0 Å². The molecule has 30 heavy (non-hydrogen) atoms. The molecule has 6 heteroatoms. The van der Waals surface area contributed by atoms with E-state index in [1.165, 1.54) is 11.1 Å². The van der Waals surface area contributed by atoms with Crippen LogP contribution in [0.25, 0.3) is 22.6 Å². The number of hydrogen-bond acceptors (Lipinski definition) is 0. The minimum Gasteiger partial charge on any atom is -0.418 e. The molecule has 0 aliphatic rings. The van der Waals surface area contributed by atoms with Crippen LogP contribution >= 0.6 is 0 Å². The number of benzene rings is 3. The van der Waals surface area contributed by atoms with Crippen LogP contribution in [-0.2, 0) is 6.42 Å². The van der Waals surface area contributed by atoms with Gasteiger partial charge in [0.1, 0.15) is 0 Å². The van der Waals surface area contributed by atoms with E-state index < -0.39 is 7.25 Å². The highest BCUT2D eigenvalue weighted by Crippen LogP contribution is 2.29. The van der Waals surface area contributed by atoms with Crippen molar-refractivity contribution in [3.8, 4) is 22.6 Å². The minimum atomic E-state index is -6.00. The summed E-state index contributed by atoms with van der Waals surface area (Å²) in [5, 5.41) is 0. The summed E-state index contributed by atoms with van der Waals surface area (Å²) < 4.78 is 45.2. The van der Waals surface area contributed by atoms with Crippen molar-refractivity contribution in [1.82, 2.24) is 0 Å². The van der Waals surface area contributed by atoms with Crippen LogP contribution in [0, 0.1) is 0 Å². The van der Waals surface area contributed by atoms with E-state index in [1.807, 2.05) is 36.4 Å². The van der Waals surface area contributed by atoms with Gasteiger partial charge in [0, 0.05) is 12.1 Å². The van der Waals surface area contributed by atoms with Gasteiger partial charge in [-0.3, -0.25) is 0 Å². The first kappa shape index (κ1) is 21.3. The first-order chi connectivity index (χ1) is 14.4. The van der Waals surface area contributed by atoms with Crippen molar-refractivity contribution in [2.45, 2.75) is 6.42 Å². The molecule has 1 heterocycles. The Hall–Kier alpha value is -3.41. The van der Waals surface area contributed by atoms with Crippen LogP contribution < -0.4 is 0 Å². The zero-order valence-electron chi connectivity index (χ0n) is 16.0. The predicted octanol–water partition coefficient (Wildman–Crippen LogP) is 7.79. The lowest BCUT2D eigenvalue weighted by Crippen LogP contribution is -2.02. The first-order valence-corrected chi connectivity index (χ1v) is 9.37. The summed E-state index contributed by atoms with van der Waals surface area (Å²) >= 11 is 0. The third-order valence-corrected chi connectivity index (χ3v) is 4.22. The molecule has 0 aliphatic carbocycles. The van der Waals surface area contributed by atoms with Crippen LogP contribution in [-0.4, -0.2) is 7.25 Å². The molecule has 4 rings (SSSR count). The summed E-state index contributed by atoms with van der Waals surface area (Å²) in [6, 6.07) is 35.4. The van der Waals surface area contributed by atoms with E-state index in [1.54, 1.807) is 0 Å². The molecule has 0 amide bonds. The molecule has 3 aromatic carbocycles. The van der Waals surface area contributed by atoms with Gasteiger partial charge in [-0.1, -0.05) is 66.7 Å². The van der Waals surface area contributed by atoms with Crippen LogP contribution in [0.2, 0.25) is 0 Å². The van der Waals surface area contributed by atoms with E-state index in [2.05, 4.69) is 66.7 Å². The van der Waals surface area contributed by atoms with Crippen LogP contribution in [0.3, 0.4) is 0 Å². The molecule has 0 bridgehead atoms. The maximum absolute atomic E-state index is 9.75. The fourth-order valence-corrected chi connectivity index (χ4v) is 2.98. The van der Waals surface area contributed by atoms with Gasteiger partial charge in [-0.05, 0) is 41.8 Å². The van der Waals surface area contributed by atoms with Crippen molar-refractivity contribution in [2.75, 3.05) is 0 Å². The monoisotopic (exact) mass is 410 g/mol. The van der Waals surface area contributed by atoms with Gasteiger partial charge >= 0.3 is 18.8 Å². The maximum Gasteiger partial charge on any atom is 0.673 e.